The van der Waals surface area contributed by atoms with Crippen molar-refractivity contribution >= 4 is 11.8 Å². The average molecular weight is 203 g/mol. The fourth-order valence-corrected chi connectivity index (χ4v) is 2.84. The second kappa shape index (κ2) is 7.65. The van der Waals surface area contributed by atoms with Crippen LogP contribution in [-0.4, -0.2) is 38.3 Å². The lowest BCUT2D eigenvalue weighted by Crippen LogP contribution is -2.23. The standard InChI is InChI=1S/C10H21NOS/c1-12-7-6-11-5-2-10-3-8-13-9-4-10/h10-11H,2-9H2,1H3. The minimum atomic E-state index is 0.834. The van der Waals surface area contributed by atoms with Crippen LogP contribution in [0.4, 0.5) is 0 Å². The zero-order valence-corrected chi connectivity index (χ0v) is 9.37. The molecule has 3 heteroatoms. The summed E-state index contributed by atoms with van der Waals surface area (Å²) in [5.41, 5.74) is 0. The van der Waals surface area contributed by atoms with Crippen LogP contribution < -0.4 is 5.32 Å². The van der Waals surface area contributed by atoms with E-state index < -0.39 is 0 Å². The van der Waals surface area contributed by atoms with E-state index >= 15 is 0 Å². The van der Waals surface area contributed by atoms with Gasteiger partial charge in [-0.3, -0.25) is 0 Å². The predicted molar refractivity (Wildman–Crippen MR) is 59.4 cm³/mol. The molecule has 0 spiro atoms. The molecule has 0 aromatic rings. The van der Waals surface area contributed by atoms with Crippen LogP contribution in [0.1, 0.15) is 19.3 Å². The van der Waals surface area contributed by atoms with Gasteiger partial charge in [-0.15, -0.1) is 0 Å². The second-order valence-electron chi connectivity index (χ2n) is 3.59. The average Bonchev–Trinajstić information content (AvgIpc) is 2.19. The fourth-order valence-electron chi connectivity index (χ4n) is 1.64. The molecule has 1 aliphatic heterocycles. The number of nitrogens with one attached hydrogen (secondary N) is 1. The number of methoxy groups -OCH3 is 1. The molecule has 1 N–H and O–H groups in total. The summed E-state index contributed by atoms with van der Waals surface area (Å²) < 4.78 is 4.97. The van der Waals surface area contributed by atoms with Crippen molar-refractivity contribution in [3.63, 3.8) is 0 Å². The van der Waals surface area contributed by atoms with Crippen molar-refractivity contribution in [1.29, 1.82) is 0 Å². The van der Waals surface area contributed by atoms with E-state index in [1.54, 1.807) is 7.11 Å². The van der Waals surface area contributed by atoms with E-state index in [2.05, 4.69) is 17.1 Å². The number of thioether (sulfide) groups is 1. The SMILES string of the molecule is COCCNCCC1CCSCC1. The van der Waals surface area contributed by atoms with Crippen molar-refractivity contribution in [3.05, 3.63) is 0 Å². The lowest BCUT2D eigenvalue weighted by Gasteiger charge is -2.21. The first-order chi connectivity index (χ1) is 6.43. The molecule has 1 rings (SSSR count). The third kappa shape index (κ3) is 5.55. The van der Waals surface area contributed by atoms with E-state index in [9.17, 15) is 0 Å². The van der Waals surface area contributed by atoms with Gasteiger partial charge in [0.1, 0.15) is 0 Å². The molecule has 13 heavy (non-hydrogen) atoms. The molecule has 0 unspecified atom stereocenters. The molecule has 0 saturated carbocycles. The van der Waals surface area contributed by atoms with Gasteiger partial charge in [-0.05, 0) is 43.2 Å². The smallest absolute Gasteiger partial charge is 0.0587 e. The molecule has 0 amide bonds. The summed E-state index contributed by atoms with van der Waals surface area (Å²) in [5, 5.41) is 3.40. The summed E-state index contributed by atoms with van der Waals surface area (Å²) in [6, 6.07) is 0. The Morgan fingerprint density at radius 1 is 1.31 bits per heavy atom. The highest BCUT2D eigenvalue weighted by Gasteiger charge is 2.12. The Bertz CT molecular complexity index is 115. The van der Waals surface area contributed by atoms with Crippen LogP contribution in [-0.2, 0) is 4.74 Å². The van der Waals surface area contributed by atoms with E-state index in [-0.39, 0.29) is 0 Å². The number of hydrogen-bond donors (Lipinski definition) is 1. The van der Waals surface area contributed by atoms with Crippen LogP contribution in [0.3, 0.4) is 0 Å². The predicted octanol–water partition coefficient (Wildman–Crippen LogP) is 1.76. The van der Waals surface area contributed by atoms with Gasteiger partial charge in [-0.25, -0.2) is 0 Å². The van der Waals surface area contributed by atoms with Crippen LogP contribution in [0, 0.1) is 5.92 Å². The van der Waals surface area contributed by atoms with Crippen LogP contribution >= 0.6 is 11.8 Å². The summed E-state index contributed by atoms with van der Waals surface area (Å²) in [4.78, 5) is 0. The highest BCUT2D eigenvalue weighted by Crippen LogP contribution is 2.24. The maximum absolute atomic E-state index is 4.97. The van der Waals surface area contributed by atoms with Gasteiger partial charge in [0.25, 0.3) is 0 Å². The number of rotatable bonds is 6. The zero-order chi connectivity index (χ0) is 9.36. The van der Waals surface area contributed by atoms with Gasteiger partial charge in [-0.2, -0.15) is 11.8 Å². The maximum atomic E-state index is 4.97. The number of hydrogen-bond acceptors (Lipinski definition) is 3. The summed E-state index contributed by atoms with van der Waals surface area (Å²) in [7, 11) is 1.75. The molecule has 78 valence electrons. The Morgan fingerprint density at radius 3 is 2.77 bits per heavy atom. The van der Waals surface area contributed by atoms with Crippen molar-refractivity contribution in [2.24, 2.45) is 5.92 Å². The van der Waals surface area contributed by atoms with Gasteiger partial charge < -0.3 is 10.1 Å². The molecule has 0 bridgehead atoms. The van der Waals surface area contributed by atoms with Gasteiger partial charge in [0.05, 0.1) is 6.61 Å². The molecular formula is C10H21NOS. The quantitative estimate of drug-likeness (QED) is 0.665. The van der Waals surface area contributed by atoms with Gasteiger partial charge in [0.15, 0.2) is 0 Å². The summed E-state index contributed by atoms with van der Waals surface area (Å²) in [6.45, 7) is 3.00. The van der Waals surface area contributed by atoms with Crippen molar-refractivity contribution in [1.82, 2.24) is 5.32 Å². The van der Waals surface area contributed by atoms with Crippen LogP contribution in [0.25, 0.3) is 0 Å². The Labute approximate surface area is 85.8 Å². The van der Waals surface area contributed by atoms with Crippen LogP contribution in [0.15, 0.2) is 0 Å². The molecule has 0 radical (unpaired) electrons. The fraction of sp³-hybridized carbons (Fsp3) is 1.00. The highest BCUT2D eigenvalue weighted by molar-refractivity contribution is 7.99. The van der Waals surface area contributed by atoms with Crippen LogP contribution in [0.2, 0.25) is 0 Å². The van der Waals surface area contributed by atoms with Gasteiger partial charge in [0.2, 0.25) is 0 Å². The van der Waals surface area contributed by atoms with Crippen molar-refractivity contribution in [3.8, 4) is 0 Å². The van der Waals surface area contributed by atoms with Gasteiger partial charge in [0, 0.05) is 13.7 Å². The van der Waals surface area contributed by atoms with E-state index in [4.69, 9.17) is 4.74 Å². The number of ether oxygens (including phenoxy) is 1. The zero-order valence-electron chi connectivity index (χ0n) is 8.55. The van der Waals surface area contributed by atoms with Crippen molar-refractivity contribution in [2.45, 2.75) is 19.3 Å². The first kappa shape index (κ1) is 11.3. The van der Waals surface area contributed by atoms with Gasteiger partial charge in [-0.1, -0.05) is 0 Å². The third-order valence-corrected chi connectivity index (χ3v) is 3.60. The normalized spacial score (nSPS) is 19.2. The molecular weight excluding hydrogens is 182 g/mol. The summed E-state index contributed by atoms with van der Waals surface area (Å²) in [6.07, 6.45) is 4.21. The molecule has 1 heterocycles. The molecule has 2 nitrogen and oxygen atoms in total. The van der Waals surface area contributed by atoms with Gasteiger partial charge >= 0.3 is 0 Å². The lowest BCUT2D eigenvalue weighted by atomic mass is 9.99. The monoisotopic (exact) mass is 203 g/mol. The topological polar surface area (TPSA) is 21.3 Å². The lowest BCUT2D eigenvalue weighted by molar-refractivity contribution is 0.198. The first-order valence-corrected chi connectivity index (χ1v) is 6.36. The Hall–Kier alpha value is 0.270. The molecule has 1 aliphatic rings. The Kier molecular flexibility index (Phi) is 6.68. The Morgan fingerprint density at radius 2 is 2.08 bits per heavy atom. The second-order valence-corrected chi connectivity index (χ2v) is 4.81. The van der Waals surface area contributed by atoms with E-state index in [0.29, 0.717) is 0 Å². The minimum absolute atomic E-state index is 0.834. The molecule has 0 aromatic heterocycles. The van der Waals surface area contributed by atoms with Crippen molar-refractivity contribution < 1.29 is 4.74 Å². The van der Waals surface area contributed by atoms with E-state index in [1.807, 2.05) is 0 Å². The summed E-state index contributed by atoms with van der Waals surface area (Å²) in [5.74, 6) is 3.74. The molecule has 1 saturated heterocycles. The summed E-state index contributed by atoms with van der Waals surface area (Å²) >= 11 is 2.11. The largest absolute Gasteiger partial charge is 0.383 e. The molecule has 0 aromatic carbocycles. The Balaban J connectivity index is 1.86. The van der Waals surface area contributed by atoms with E-state index in [1.165, 1.54) is 37.3 Å². The third-order valence-electron chi connectivity index (χ3n) is 2.55. The van der Waals surface area contributed by atoms with Crippen LogP contribution in [0.5, 0.6) is 0 Å². The molecule has 0 atom stereocenters. The first-order valence-electron chi connectivity index (χ1n) is 5.21. The highest BCUT2D eigenvalue weighted by atomic mass is 32.2. The van der Waals surface area contributed by atoms with Crippen molar-refractivity contribution in [2.75, 3.05) is 38.3 Å². The molecule has 0 aliphatic carbocycles. The maximum Gasteiger partial charge on any atom is 0.0587 e. The van der Waals surface area contributed by atoms with E-state index in [0.717, 1.165) is 19.1 Å². The minimum Gasteiger partial charge on any atom is -0.383 e. The molecule has 1 fully saturated rings.